The van der Waals surface area contributed by atoms with E-state index in [0.717, 1.165) is 5.76 Å². The lowest BCUT2D eigenvalue weighted by Gasteiger charge is -2.12. The highest BCUT2D eigenvalue weighted by Crippen LogP contribution is 2.34. The number of halogens is 1. The van der Waals surface area contributed by atoms with E-state index in [9.17, 15) is 10.1 Å². The Balaban J connectivity index is 1.50. The first-order chi connectivity index (χ1) is 16.7. The summed E-state index contributed by atoms with van der Waals surface area (Å²) < 4.78 is 16.7. The van der Waals surface area contributed by atoms with Gasteiger partial charge in [-0.1, -0.05) is 43.6 Å². The van der Waals surface area contributed by atoms with Gasteiger partial charge in [-0.15, -0.1) is 0 Å². The lowest BCUT2D eigenvalue weighted by Crippen LogP contribution is -2.09. The third kappa shape index (κ3) is 5.44. The molecule has 0 N–H and O–H groups in total. The van der Waals surface area contributed by atoms with Crippen molar-refractivity contribution in [1.29, 1.82) is 5.26 Å². The van der Waals surface area contributed by atoms with Gasteiger partial charge in [0.05, 0.1) is 30.3 Å². The monoisotopic (exact) mass is 489 g/mol. The standard InChI is InChI=1S/C27H24ClN3O4/c1-27(2,3)26-12-18(31-35-26)11-19(32)9-16-5-6-20(13-22(16)28)34-24-7-8-30-23-14-25(33-4)17(15-29)10-21(23)24/h5-8,10,12-14H,9,11H2,1-4H3. The van der Waals surface area contributed by atoms with Crippen molar-refractivity contribution in [3.63, 3.8) is 0 Å². The average Bonchev–Trinajstić information content (AvgIpc) is 3.29. The van der Waals surface area contributed by atoms with Crippen LogP contribution in [0.3, 0.4) is 0 Å². The SMILES string of the molecule is COc1cc2nccc(Oc3ccc(CC(=O)Cc4cc(C(C)(C)C)on4)c(Cl)c3)c2cc1C#N. The van der Waals surface area contributed by atoms with Gasteiger partial charge in [0.2, 0.25) is 0 Å². The summed E-state index contributed by atoms with van der Waals surface area (Å²) in [7, 11) is 1.51. The van der Waals surface area contributed by atoms with Gasteiger partial charge >= 0.3 is 0 Å². The van der Waals surface area contributed by atoms with Crippen LogP contribution in [0.5, 0.6) is 17.2 Å². The van der Waals surface area contributed by atoms with Crippen molar-refractivity contribution >= 4 is 28.3 Å². The normalized spacial score (nSPS) is 11.3. The number of hydrogen-bond donors (Lipinski definition) is 0. The molecular formula is C27H24ClN3O4. The van der Waals surface area contributed by atoms with Crippen LogP contribution in [0.25, 0.3) is 10.9 Å². The number of benzene rings is 2. The Hall–Kier alpha value is -3.89. The van der Waals surface area contributed by atoms with E-state index in [4.69, 9.17) is 25.6 Å². The number of ketones is 1. The van der Waals surface area contributed by atoms with Crippen molar-refractivity contribution in [3.05, 3.63) is 76.3 Å². The highest BCUT2D eigenvalue weighted by molar-refractivity contribution is 6.31. The van der Waals surface area contributed by atoms with Crippen molar-refractivity contribution in [1.82, 2.24) is 10.1 Å². The maximum absolute atomic E-state index is 12.6. The van der Waals surface area contributed by atoms with Crippen molar-refractivity contribution in [2.75, 3.05) is 7.11 Å². The first kappa shape index (κ1) is 24.2. The summed E-state index contributed by atoms with van der Waals surface area (Å²) in [5.74, 6) is 2.19. The Bertz CT molecular complexity index is 1450. The maximum atomic E-state index is 12.6. The van der Waals surface area contributed by atoms with Crippen LogP contribution in [0, 0.1) is 11.3 Å². The van der Waals surface area contributed by atoms with Gasteiger partial charge in [0, 0.05) is 40.6 Å². The van der Waals surface area contributed by atoms with Crippen LogP contribution in [0.1, 0.15) is 43.4 Å². The fourth-order valence-corrected chi connectivity index (χ4v) is 3.82. The molecule has 0 aliphatic heterocycles. The lowest BCUT2D eigenvalue weighted by atomic mass is 9.93. The van der Waals surface area contributed by atoms with E-state index in [-0.39, 0.29) is 24.0 Å². The smallest absolute Gasteiger partial charge is 0.143 e. The zero-order chi connectivity index (χ0) is 25.2. The third-order valence-corrected chi connectivity index (χ3v) is 5.81. The van der Waals surface area contributed by atoms with Gasteiger partial charge in [-0.25, -0.2) is 0 Å². The van der Waals surface area contributed by atoms with Crippen LogP contribution in [0.15, 0.2) is 53.2 Å². The molecule has 0 aliphatic rings. The second-order valence-electron chi connectivity index (χ2n) is 9.17. The van der Waals surface area contributed by atoms with E-state index in [1.165, 1.54) is 7.11 Å². The van der Waals surface area contributed by atoms with Gasteiger partial charge in [0.15, 0.2) is 0 Å². The van der Waals surface area contributed by atoms with Crippen LogP contribution in [-0.4, -0.2) is 23.0 Å². The number of ether oxygens (including phenoxy) is 2. The molecule has 0 aliphatic carbocycles. The minimum absolute atomic E-state index is 0.0209. The number of pyridine rings is 1. The molecule has 0 saturated carbocycles. The maximum Gasteiger partial charge on any atom is 0.143 e. The zero-order valence-corrected chi connectivity index (χ0v) is 20.6. The topological polar surface area (TPSA) is 98.2 Å². The quantitative estimate of drug-likeness (QED) is 0.304. The number of hydrogen-bond acceptors (Lipinski definition) is 7. The number of Topliss-reactive ketones (excluding diaryl/α,β-unsaturated/α-hetero) is 1. The lowest BCUT2D eigenvalue weighted by molar-refractivity contribution is -0.117. The van der Waals surface area contributed by atoms with E-state index < -0.39 is 0 Å². The predicted octanol–water partition coefficient (Wildman–Crippen LogP) is 6.20. The highest BCUT2D eigenvalue weighted by atomic mass is 35.5. The number of carbonyl (C=O) groups excluding carboxylic acids is 1. The molecule has 2 aromatic carbocycles. The van der Waals surface area contributed by atoms with Gasteiger partial charge in [-0.2, -0.15) is 5.26 Å². The van der Waals surface area contributed by atoms with Gasteiger partial charge < -0.3 is 14.0 Å². The molecule has 2 heterocycles. The summed E-state index contributed by atoms with van der Waals surface area (Å²) in [6, 6.07) is 14.2. The van der Waals surface area contributed by atoms with Crippen molar-refractivity contribution < 1.29 is 18.8 Å². The van der Waals surface area contributed by atoms with Gasteiger partial charge in [-0.05, 0) is 29.8 Å². The molecule has 0 saturated heterocycles. The molecule has 0 spiro atoms. The minimum Gasteiger partial charge on any atom is -0.495 e. The van der Waals surface area contributed by atoms with E-state index in [2.05, 4.69) is 16.2 Å². The number of carbonyl (C=O) groups is 1. The molecule has 2 aromatic heterocycles. The average molecular weight is 490 g/mol. The molecular weight excluding hydrogens is 466 g/mol. The summed E-state index contributed by atoms with van der Waals surface area (Å²) in [5, 5.41) is 14.5. The second kappa shape index (κ2) is 9.77. The Labute approximate surface area is 208 Å². The van der Waals surface area contributed by atoms with Crippen LogP contribution in [0.2, 0.25) is 5.02 Å². The summed E-state index contributed by atoms with van der Waals surface area (Å²) in [6.07, 6.45) is 1.95. The number of rotatable bonds is 7. The molecule has 0 amide bonds. The summed E-state index contributed by atoms with van der Waals surface area (Å²) >= 11 is 6.47. The minimum atomic E-state index is -0.171. The highest BCUT2D eigenvalue weighted by Gasteiger charge is 2.21. The number of nitrogens with zero attached hydrogens (tertiary/aromatic N) is 3. The molecule has 178 valence electrons. The van der Waals surface area contributed by atoms with Gasteiger partial charge in [0.1, 0.15) is 34.9 Å². The third-order valence-electron chi connectivity index (χ3n) is 5.46. The Morgan fingerprint density at radius 3 is 2.57 bits per heavy atom. The number of aromatic nitrogens is 2. The van der Waals surface area contributed by atoms with Crippen molar-refractivity contribution in [2.45, 2.75) is 39.0 Å². The molecule has 8 heteroatoms. The molecule has 4 rings (SSSR count). The predicted molar refractivity (Wildman–Crippen MR) is 132 cm³/mol. The van der Waals surface area contributed by atoms with Gasteiger partial charge in [0.25, 0.3) is 0 Å². The number of nitriles is 1. The fourth-order valence-electron chi connectivity index (χ4n) is 3.58. The zero-order valence-electron chi connectivity index (χ0n) is 19.9. The Morgan fingerprint density at radius 1 is 1.11 bits per heavy atom. The first-order valence-electron chi connectivity index (χ1n) is 11.0. The molecule has 0 atom stereocenters. The Morgan fingerprint density at radius 2 is 1.91 bits per heavy atom. The van der Waals surface area contributed by atoms with Crippen LogP contribution < -0.4 is 9.47 Å². The fraction of sp³-hybridized carbons (Fsp3) is 0.259. The first-order valence-corrected chi connectivity index (χ1v) is 11.4. The Kier molecular flexibility index (Phi) is 6.77. The van der Waals surface area contributed by atoms with E-state index in [1.54, 1.807) is 42.6 Å². The molecule has 0 radical (unpaired) electrons. The van der Waals surface area contributed by atoms with E-state index >= 15 is 0 Å². The van der Waals surface area contributed by atoms with E-state index in [0.29, 0.717) is 50.0 Å². The van der Waals surface area contributed by atoms with E-state index in [1.807, 2.05) is 26.8 Å². The van der Waals surface area contributed by atoms with Crippen molar-refractivity contribution in [2.24, 2.45) is 0 Å². The van der Waals surface area contributed by atoms with Crippen molar-refractivity contribution in [3.8, 4) is 23.3 Å². The molecule has 0 bridgehead atoms. The molecule has 7 nitrogen and oxygen atoms in total. The summed E-state index contributed by atoms with van der Waals surface area (Å²) in [5.41, 5.74) is 2.14. The van der Waals surface area contributed by atoms with Gasteiger partial charge in [-0.3, -0.25) is 9.78 Å². The summed E-state index contributed by atoms with van der Waals surface area (Å²) in [6.45, 7) is 6.07. The number of methoxy groups -OCH3 is 1. The van der Waals surface area contributed by atoms with Crippen LogP contribution >= 0.6 is 11.6 Å². The van der Waals surface area contributed by atoms with Crippen LogP contribution in [-0.2, 0) is 23.1 Å². The molecule has 0 unspecified atom stereocenters. The second-order valence-corrected chi connectivity index (χ2v) is 9.58. The molecule has 0 fully saturated rings. The summed E-state index contributed by atoms with van der Waals surface area (Å²) in [4.78, 5) is 16.9. The molecule has 35 heavy (non-hydrogen) atoms. The van der Waals surface area contributed by atoms with Crippen LogP contribution in [0.4, 0.5) is 0 Å². The number of fused-ring (bicyclic) bond motifs is 1. The largest absolute Gasteiger partial charge is 0.495 e. The molecule has 4 aromatic rings.